The van der Waals surface area contributed by atoms with Crippen LogP contribution in [-0.4, -0.2) is 24.0 Å². The van der Waals surface area contributed by atoms with Gasteiger partial charge in [0.25, 0.3) is 0 Å². The van der Waals surface area contributed by atoms with E-state index in [1.165, 1.54) is 18.4 Å². The lowest BCUT2D eigenvalue weighted by molar-refractivity contribution is 0.176. The van der Waals surface area contributed by atoms with Crippen molar-refractivity contribution in [3.05, 3.63) is 33.3 Å². The minimum atomic E-state index is 0.414. The van der Waals surface area contributed by atoms with E-state index < -0.39 is 0 Å². The Labute approximate surface area is 123 Å². The second-order valence-electron chi connectivity index (χ2n) is 5.23. The van der Waals surface area contributed by atoms with Crippen molar-refractivity contribution < 1.29 is 0 Å². The van der Waals surface area contributed by atoms with Crippen molar-refractivity contribution in [1.82, 2.24) is 4.90 Å². The maximum atomic E-state index is 6.12. The molecule has 1 aliphatic rings. The summed E-state index contributed by atoms with van der Waals surface area (Å²) in [4.78, 5) is 2.42. The van der Waals surface area contributed by atoms with Gasteiger partial charge < -0.3 is 5.73 Å². The number of nitrogens with two attached hydrogens (primary N) is 1. The van der Waals surface area contributed by atoms with Crippen molar-refractivity contribution >= 4 is 27.5 Å². The van der Waals surface area contributed by atoms with Gasteiger partial charge in [-0.25, -0.2) is 0 Å². The van der Waals surface area contributed by atoms with Crippen molar-refractivity contribution in [2.24, 2.45) is 5.73 Å². The molecule has 0 unspecified atom stereocenters. The van der Waals surface area contributed by atoms with Crippen LogP contribution in [0.1, 0.15) is 31.2 Å². The number of hydrogen-bond donors (Lipinski definition) is 1. The minimum absolute atomic E-state index is 0.414. The molecule has 1 saturated carbocycles. The zero-order valence-corrected chi connectivity index (χ0v) is 13.0. The number of benzene rings is 1. The van der Waals surface area contributed by atoms with Crippen LogP contribution < -0.4 is 5.73 Å². The molecule has 18 heavy (non-hydrogen) atoms. The van der Waals surface area contributed by atoms with Crippen molar-refractivity contribution in [3.63, 3.8) is 0 Å². The normalized spacial score (nSPS) is 24.5. The van der Waals surface area contributed by atoms with Gasteiger partial charge in [-0.05, 0) is 66.4 Å². The molecule has 0 atom stereocenters. The third-order valence-corrected chi connectivity index (χ3v) is 5.01. The molecule has 0 aromatic heterocycles. The third kappa shape index (κ3) is 3.70. The summed E-state index contributed by atoms with van der Waals surface area (Å²) in [6.07, 6.45) is 4.72. The summed E-state index contributed by atoms with van der Waals surface area (Å²) in [7, 11) is 2.19. The van der Waals surface area contributed by atoms with Gasteiger partial charge in [0.1, 0.15) is 0 Å². The summed E-state index contributed by atoms with van der Waals surface area (Å²) in [5.74, 6) is 0. The first-order valence-electron chi connectivity index (χ1n) is 6.46. The van der Waals surface area contributed by atoms with Crippen molar-refractivity contribution in [2.75, 3.05) is 7.05 Å². The SMILES string of the molecule is CN(Cc1ccc(Br)c(Cl)c1)C1CCC(N)CC1. The second-order valence-corrected chi connectivity index (χ2v) is 6.49. The Morgan fingerprint density at radius 2 is 2.00 bits per heavy atom. The van der Waals surface area contributed by atoms with E-state index in [1.807, 2.05) is 12.1 Å². The second kappa shape index (κ2) is 6.38. The third-order valence-electron chi connectivity index (χ3n) is 3.78. The number of hydrogen-bond acceptors (Lipinski definition) is 2. The average molecular weight is 332 g/mol. The van der Waals surface area contributed by atoms with Gasteiger partial charge in [-0.15, -0.1) is 0 Å². The van der Waals surface area contributed by atoms with Crippen LogP contribution in [-0.2, 0) is 6.54 Å². The highest BCUT2D eigenvalue weighted by Gasteiger charge is 2.21. The molecule has 1 fully saturated rings. The number of rotatable bonds is 3. The van der Waals surface area contributed by atoms with E-state index in [-0.39, 0.29) is 0 Å². The fourth-order valence-corrected chi connectivity index (χ4v) is 3.05. The van der Waals surface area contributed by atoms with Crippen molar-refractivity contribution in [1.29, 1.82) is 0 Å². The Balaban J connectivity index is 1.94. The van der Waals surface area contributed by atoms with Crippen LogP contribution in [0.5, 0.6) is 0 Å². The van der Waals surface area contributed by atoms with Crippen molar-refractivity contribution in [3.8, 4) is 0 Å². The largest absolute Gasteiger partial charge is 0.328 e. The molecule has 0 aliphatic heterocycles. The monoisotopic (exact) mass is 330 g/mol. The average Bonchev–Trinajstić information content (AvgIpc) is 2.34. The van der Waals surface area contributed by atoms with E-state index >= 15 is 0 Å². The predicted molar refractivity (Wildman–Crippen MR) is 80.9 cm³/mol. The lowest BCUT2D eigenvalue weighted by Gasteiger charge is -2.33. The van der Waals surface area contributed by atoms with E-state index in [0.29, 0.717) is 12.1 Å². The molecular formula is C14H20BrClN2. The highest BCUT2D eigenvalue weighted by Crippen LogP contribution is 2.26. The van der Waals surface area contributed by atoms with Gasteiger partial charge in [-0.3, -0.25) is 4.90 Å². The van der Waals surface area contributed by atoms with Gasteiger partial charge in [0.05, 0.1) is 5.02 Å². The number of halogens is 2. The molecule has 0 saturated heterocycles. The highest BCUT2D eigenvalue weighted by atomic mass is 79.9. The van der Waals surface area contributed by atoms with Crippen LogP contribution in [0, 0.1) is 0 Å². The maximum Gasteiger partial charge on any atom is 0.0551 e. The van der Waals surface area contributed by atoms with Crippen LogP contribution in [0.4, 0.5) is 0 Å². The molecule has 2 nitrogen and oxygen atoms in total. The van der Waals surface area contributed by atoms with Crippen LogP contribution in [0.15, 0.2) is 22.7 Å². The minimum Gasteiger partial charge on any atom is -0.328 e. The Morgan fingerprint density at radius 1 is 1.33 bits per heavy atom. The van der Waals surface area contributed by atoms with Crippen LogP contribution >= 0.6 is 27.5 Å². The van der Waals surface area contributed by atoms with Gasteiger partial charge in [-0.2, -0.15) is 0 Å². The van der Waals surface area contributed by atoms with Gasteiger partial charge in [-0.1, -0.05) is 17.7 Å². The van der Waals surface area contributed by atoms with E-state index in [9.17, 15) is 0 Å². The number of nitrogens with zero attached hydrogens (tertiary/aromatic N) is 1. The van der Waals surface area contributed by atoms with Gasteiger partial charge >= 0.3 is 0 Å². The molecule has 0 heterocycles. The fraction of sp³-hybridized carbons (Fsp3) is 0.571. The standard InChI is InChI=1S/C14H20BrClN2/c1-18(12-5-3-11(17)4-6-12)9-10-2-7-13(15)14(16)8-10/h2,7-8,11-12H,3-6,9,17H2,1H3. The molecule has 0 amide bonds. The summed E-state index contributed by atoms with van der Waals surface area (Å²) in [6.45, 7) is 0.951. The van der Waals surface area contributed by atoms with E-state index in [4.69, 9.17) is 17.3 Å². The van der Waals surface area contributed by atoms with Crippen LogP contribution in [0.3, 0.4) is 0 Å². The summed E-state index contributed by atoms with van der Waals surface area (Å²) >= 11 is 9.54. The van der Waals surface area contributed by atoms with E-state index in [0.717, 1.165) is 28.9 Å². The smallest absolute Gasteiger partial charge is 0.0551 e. The van der Waals surface area contributed by atoms with Gasteiger partial charge in [0.2, 0.25) is 0 Å². The maximum absolute atomic E-state index is 6.12. The summed E-state index contributed by atoms with van der Waals surface area (Å²) in [5.41, 5.74) is 7.21. The highest BCUT2D eigenvalue weighted by molar-refractivity contribution is 9.10. The van der Waals surface area contributed by atoms with E-state index in [2.05, 4.69) is 33.9 Å². The summed E-state index contributed by atoms with van der Waals surface area (Å²) < 4.78 is 0.958. The molecular weight excluding hydrogens is 312 g/mol. The molecule has 2 rings (SSSR count). The Kier molecular flexibility index (Phi) is 5.07. The molecule has 0 bridgehead atoms. The van der Waals surface area contributed by atoms with Crippen LogP contribution in [0.25, 0.3) is 0 Å². The Hall–Kier alpha value is -0.0900. The Bertz CT molecular complexity index is 403. The fourth-order valence-electron chi connectivity index (χ4n) is 2.60. The summed E-state index contributed by atoms with van der Waals surface area (Å²) in [5, 5.41) is 0.784. The quantitative estimate of drug-likeness (QED) is 0.912. The molecule has 1 aliphatic carbocycles. The molecule has 4 heteroatoms. The lowest BCUT2D eigenvalue weighted by Crippen LogP contribution is -2.38. The molecule has 100 valence electrons. The zero-order chi connectivity index (χ0) is 13.1. The zero-order valence-electron chi connectivity index (χ0n) is 10.7. The van der Waals surface area contributed by atoms with E-state index in [1.54, 1.807) is 0 Å². The first kappa shape index (κ1) is 14.3. The molecule has 0 spiro atoms. The van der Waals surface area contributed by atoms with Crippen LogP contribution in [0.2, 0.25) is 5.02 Å². The first-order chi connectivity index (χ1) is 8.56. The lowest BCUT2D eigenvalue weighted by atomic mass is 9.91. The molecule has 0 radical (unpaired) electrons. The van der Waals surface area contributed by atoms with Gasteiger partial charge in [0, 0.05) is 23.1 Å². The first-order valence-corrected chi connectivity index (χ1v) is 7.63. The topological polar surface area (TPSA) is 29.3 Å². The van der Waals surface area contributed by atoms with Gasteiger partial charge in [0.15, 0.2) is 0 Å². The Morgan fingerprint density at radius 3 is 2.61 bits per heavy atom. The predicted octanol–water partition coefficient (Wildman–Crippen LogP) is 3.80. The molecule has 2 N–H and O–H groups in total. The molecule has 1 aromatic rings. The van der Waals surface area contributed by atoms with Crippen molar-refractivity contribution in [2.45, 2.75) is 44.3 Å². The summed E-state index contributed by atoms with van der Waals surface area (Å²) in [6, 6.07) is 7.25. The molecule has 1 aromatic carbocycles.